The lowest BCUT2D eigenvalue weighted by atomic mass is 10.2. The molecule has 0 aliphatic carbocycles. The van der Waals surface area contributed by atoms with E-state index in [1.165, 1.54) is 30.5 Å². The molecular weight excluding hydrogens is 345 g/mol. The molecule has 0 saturated carbocycles. The molecule has 1 aromatic carbocycles. The van der Waals surface area contributed by atoms with E-state index in [1.807, 2.05) is 4.90 Å². The number of hydrogen-bond donors (Lipinski definition) is 1. The second kappa shape index (κ2) is 6.79. The second-order valence-corrected chi connectivity index (χ2v) is 8.29. The van der Waals surface area contributed by atoms with Crippen molar-refractivity contribution in [3.05, 3.63) is 54.1 Å². The van der Waals surface area contributed by atoms with E-state index >= 15 is 0 Å². The summed E-state index contributed by atoms with van der Waals surface area (Å²) >= 11 is 0. The largest absolute Gasteiger partial charge is 0.369 e. The molecule has 1 aliphatic heterocycles. The van der Waals surface area contributed by atoms with Crippen LogP contribution in [0.15, 0.2) is 42.7 Å². The summed E-state index contributed by atoms with van der Waals surface area (Å²) in [4.78, 5) is 18.3. The number of halogens is 1. The lowest BCUT2D eigenvalue weighted by Gasteiger charge is -2.25. The Labute approximate surface area is 145 Å². The van der Waals surface area contributed by atoms with Gasteiger partial charge in [0.05, 0.1) is 29.0 Å². The van der Waals surface area contributed by atoms with Crippen molar-refractivity contribution in [1.29, 1.82) is 0 Å². The minimum Gasteiger partial charge on any atom is -0.369 e. The van der Waals surface area contributed by atoms with E-state index in [0.29, 0.717) is 23.4 Å². The molecule has 1 fully saturated rings. The zero-order chi connectivity index (χ0) is 18.0. The Morgan fingerprint density at radius 2 is 2.00 bits per heavy atom. The highest BCUT2D eigenvalue weighted by atomic mass is 32.2. The third-order valence-electron chi connectivity index (χ3n) is 4.25. The summed E-state index contributed by atoms with van der Waals surface area (Å²) in [5, 5.41) is 2.67. The molecule has 1 aliphatic rings. The van der Waals surface area contributed by atoms with E-state index < -0.39 is 9.84 Å². The number of nitrogens with one attached hydrogen (secondary N) is 1. The minimum atomic E-state index is -2.99. The Bertz CT molecular complexity index is 884. The molecular formula is C17H18FN3O3S. The maximum absolute atomic E-state index is 12.9. The number of aromatic nitrogens is 1. The van der Waals surface area contributed by atoms with Gasteiger partial charge in [0.1, 0.15) is 5.82 Å². The number of amides is 1. The first-order valence-electron chi connectivity index (χ1n) is 7.79. The van der Waals surface area contributed by atoms with E-state index in [1.54, 1.807) is 19.3 Å². The molecule has 1 aromatic heterocycles. The van der Waals surface area contributed by atoms with Crippen molar-refractivity contribution in [3.8, 4) is 0 Å². The fourth-order valence-corrected chi connectivity index (χ4v) is 4.55. The molecule has 2 aromatic rings. The van der Waals surface area contributed by atoms with Crippen LogP contribution in [0.25, 0.3) is 0 Å². The van der Waals surface area contributed by atoms with Crippen LogP contribution in [0.2, 0.25) is 0 Å². The van der Waals surface area contributed by atoms with E-state index in [4.69, 9.17) is 0 Å². The monoisotopic (exact) mass is 363 g/mol. The molecule has 0 bridgehead atoms. The minimum absolute atomic E-state index is 0.107. The Morgan fingerprint density at radius 3 is 2.64 bits per heavy atom. The average molecular weight is 363 g/mol. The topological polar surface area (TPSA) is 79.4 Å². The third-order valence-corrected chi connectivity index (χ3v) is 6.00. The van der Waals surface area contributed by atoms with Gasteiger partial charge in [0, 0.05) is 25.0 Å². The van der Waals surface area contributed by atoms with Gasteiger partial charge in [0.25, 0.3) is 5.91 Å². The Kier molecular flexibility index (Phi) is 4.71. The summed E-state index contributed by atoms with van der Waals surface area (Å²) in [5.74, 6) is -0.460. The standard InChI is InChI=1S/C17H18FN3O3S/c1-21(15-6-7-25(23,24)11-15)16-8-12(9-19-10-16)17(22)20-14-4-2-13(18)3-5-14/h2-5,8-10,15H,6-7,11H2,1H3,(H,20,22). The second-order valence-electron chi connectivity index (χ2n) is 6.06. The van der Waals surface area contributed by atoms with Crippen molar-refractivity contribution < 1.29 is 17.6 Å². The predicted octanol–water partition coefficient (Wildman–Crippen LogP) is 2.10. The molecule has 0 spiro atoms. The molecule has 1 atom stereocenters. The number of sulfone groups is 1. The average Bonchev–Trinajstić information content (AvgIpc) is 2.96. The summed E-state index contributed by atoms with van der Waals surface area (Å²) in [6.07, 6.45) is 3.59. The molecule has 6 nitrogen and oxygen atoms in total. The van der Waals surface area contributed by atoms with Crippen molar-refractivity contribution in [2.75, 3.05) is 28.8 Å². The van der Waals surface area contributed by atoms with Gasteiger partial charge in [-0.3, -0.25) is 9.78 Å². The van der Waals surface area contributed by atoms with Gasteiger partial charge in [-0.1, -0.05) is 0 Å². The Hall–Kier alpha value is -2.48. The summed E-state index contributed by atoms with van der Waals surface area (Å²) in [6.45, 7) is 0. The molecule has 3 rings (SSSR count). The Morgan fingerprint density at radius 1 is 1.28 bits per heavy atom. The smallest absolute Gasteiger partial charge is 0.257 e. The first-order valence-corrected chi connectivity index (χ1v) is 9.61. The molecule has 1 saturated heterocycles. The first kappa shape index (κ1) is 17.3. The predicted molar refractivity (Wildman–Crippen MR) is 94.1 cm³/mol. The van der Waals surface area contributed by atoms with Crippen molar-refractivity contribution in [3.63, 3.8) is 0 Å². The van der Waals surface area contributed by atoms with Crippen LogP contribution in [-0.2, 0) is 9.84 Å². The highest BCUT2D eigenvalue weighted by Gasteiger charge is 2.31. The van der Waals surface area contributed by atoms with Gasteiger partial charge >= 0.3 is 0 Å². The normalized spacial score (nSPS) is 18.7. The number of hydrogen-bond acceptors (Lipinski definition) is 5. The van der Waals surface area contributed by atoms with Crippen molar-refractivity contribution in [1.82, 2.24) is 4.98 Å². The maximum Gasteiger partial charge on any atom is 0.257 e. The summed E-state index contributed by atoms with van der Waals surface area (Å²) in [7, 11) is -1.20. The summed E-state index contributed by atoms with van der Waals surface area (Å²) in [6, 6.07) is 7.01. The third kappa shape index (κ3) is 4.14. The highest BCUT2D eigenvalue weighted by Crippen LogP contribution is 2.23. The van der Waals surface area contributed by atoms with E-state index in [0.717, 1.165) is 0 Å². The summed E-state index contributed by atoms with van der Waals surface area (Å²) in [5.41, 5.74) is 1.50. The molecule has 2 heterocycles. The van der Waals surface area contributed by atoms with Gasteiger partial charge in [-0.25, -0.2) is 12.8 Å². The molecule has 25 heavy (non-hydrogen) atoms. The highest BCUT2D eigenvalue weighted by molar-refractivity contribution is 7.91. The van der Waals surface area contributed by atoms with Crippen LogP contribution in [0, 0.1) is 5.82 Å². The number of nitrogens with zero attached hydrogens (tertiary/aromatic N) is 2. The van der Waals surface area contributed by atoms with Gasteiger partial charge in [0.2, 0.25) is 0 Å². The van der Waals surface area contributed by atoms with Crippen molar-refractivity contribution in [2.45, 2.75) is 12.5 Å². The molecule has 8 heteroatoms. The SMILES string of the molecule is CN(c1cncc(C(=O)Nc2ccc(F)cc2)c1)C1CCS(=O)(=O)C1. The quantitative estimate of drug-likeness (QED) is 0.900. The van der Waals surface area contributed by atoms with E-state index in [9.17, 15) is 17.6 Å². The van der Waals surface area contributed by atoms with Gasteiger partial charge in [-0.2, -0.15) is 0 Å². The molecule has 132 valence electrons. The fraction of sp³-hybridized carbons (Fsp3) is 0.294. The number of pyridine rings is 1. The summed E-state index contributed by atoms with van der Waals surface area (Å²) < 4.78 is 36.2. The Balaban J connectivity index is 1.74. The van der Waals surface area contributed by atoms with Crippen LogP contribution in [0.4, 0.5) is 15.8 Å². The van der Waals surface area contributed by atoms with Gasteiger partial charge < -0.3 is 10.2 Å². The zero-order valence-electron chi connectivity index (χ0n) is 13.6. The van der Waals surface area contributed by atoms with Crippen molar-refractivity contribution >= 4 is 27.1 Å². The van der Waals surface area contributed by atoms with Gasteiger partial charge in [0.15, 0.2) is 9.84 Å². The van der Waals surface area contributed by atoms with Gasteiger partial charge in [-0.15, -0.1) is 0 Å². The fourth-order valence-electron chi connectivity index (χ4n) is 2.77. The van der Waals surface area contributed by atoms with Crippen LogP contribution in [0.3, 0.4) is 0 Å². The van der Waals surface area contributed by atoms with Crippen LogP contribution < -0.4 is 10.2 Å². The number of carbonyl (C=O) groups excluding carboxylic acids is 1. The lowest BCUT2D eigenvalue weighted by Crippen LogP contribution is -2.32. The number of anilines is 2. The molecule has 1 amide bonds. The van der Waals surface area contributed by atoms with Crippen LogP contribution >= 0.6 is 0 Å². The number of carbonyl (C=O) groups is 1. The van der Waals surface area contributed by atoms with Crippen LogP contribution in [-0.4, -0.2) is 43.9 Å². The first-order chi connectivity index (χ1) is 11.8. The lowest BCUT2D eigenvalue weighted by molar-refractivity contribution is 0.102. The molecule has 0 radical (unpaired) electrons. The number of benzene rings is 1. The van der Waals surface area contributed by atoms with E-state index in [2.05, 4.69) is 10.3 Å². The van der Waals surface area contributed by atoms with Crippen LogP contribution in [0.1, 0.15) is 16.8 Å². The van der Waals surface area contributed by atoms with Crippen LogP contribution in [0.5, 0.6) is 0 Å². The maximum atomic E-state index is 12.9. The van der Waals surface area contributed by atoms with E-state index in [-0.39, 0.29) is 29.3 Å². The van der Waals surface area contributed by atoms with Gasteiger partial charge in [-0.05, 0) is 36.8 Å². The number of rotatable bonds is 4. The zero-order valence-corrected chi connectivity index (χ0v) is 14.5. The molecule has 1 N–H and O–H groups in total. The molecule has 1 unspecified atom stereocenters. The van der Waals surface area contributed by atoms with Crippen molar-refractivity contribution in [2.24, 2.45) is 0 Å².